The largest absolute Gasteiger partial charge is 0.495 e. The molecule has 0 radical (unpaired) electrons. The smallest absolute Gasteiger partial charge is 0.224 e. The summed E-state index contributed by atoms with van der Waals surface area (Å²) in [7, 11) is 3.03. The highest BCUT2D eigenvalue weighted by atomic mass is 35.5. The van der Waals surface area contributed by atoms with Crippen molar-refractivity contribution >= 4 is 23.2 Å². The molecule has 1 aliphatic rings. The van der Waals surface area contributed by atoms with Gasteiger partial charge in [-0.1, -0.05) is 17.7 Å². The number of carbonyl (C=O) groups excluding carboxylic acids is 1. The van der Waals surface area contributed by atoms with Crippen molar-refractivity contribution < 1.29 is 23.7 Å². The van der Waals surface area contributed by atoms with Gasteiger partial charge >= 0.3 is 0 Å². The van der Waals surface area contributed by atoms with E-state index in [9.17, 15) is 4.79 Å². The maximum Gasteiger partial charge on any atom is 0.224 e. The Labute approximate surface area is 157 Å². The predicted octanol–water partition coefficient (Wildman–Crippen LogP) is 3.70. The molecule has 0 spiro atoms. The first-order valence-corrected chi connectivity index (χ1v) is 8.58. The van der Waals surface area contributed by atoms with Crippen LogP contribution < -0.4 is 24.3 Å². The molecule has 138 valence electrons. The number of rotatable bonds is 6. The standard InChI is InChI=1S/C19H20ClNO5/c1-23-16-11-14(17(24-2)10-13(16)20)21-19(22)6-4-12-3-5-15-18(9-12)26-8-7-25-15/h3,5,9-11H,4,6-8H2,1-2H3,(H,21,22). The number of hydrogen-bond donors (Lipinski definition) is 1. The molecule has 1 heterocycles. The van der Waals surface area contributed by atoms with Crippen LogP contribution in [0.4, 0.5) is 5.69 Å². The lowest BCUT2D eigenvalue weighted by Gasteiger charge is -2.18. The summed E-state index contributed by atoms with van der Waals surface area (Å²) < 4.78 is 21.5. The minimum absolute atomic E-state index is 0.137. The lowest BCUT2D eigenvalue weighted by molar-refractivity contribution is -0.116. The molecule has 7 heteroatoms. The third kappa shape index (κ3) is 4.14. The van der Waals surface area contributed by atoms with Crippen LogP contribution in [-0.4, -0.2) is 33.3 Å². The number of benzene rings is 2. The quantitative estimate of drug-likeness (QED) is 0.831. The van der Waals surface area contributed by atoms with Gasteiger partial charge in [0.1, 0.15) is 24.7 Å². The van der Waals surface area contributed by atoms with Crippen molar-refractivity contribution in [1.82, 2.24) is 0 Å². The Balaban J connectivity index is 1.64. The molecule has 1 N–H and O–H groups in total. The van der Waals surface area contributed by atoms with Crippen LogP contribution in [-0.2, 0) is 11.2 Å². The second kappa shape index (κ2) is 8.19. The molecule has 1 aliphatic heterocycles. The summed E-state index contributed by atoms with van der Waals surface area (Å²) in [6, 6.07) is 8.97. The van der Waals surface area contributed by atoms with Crippen LogP contribution in [0, 0.1) is 0 Å². The van der Waals surface area contributed by atoms with E-state index in [1.807, 2.05) is 18.2 Å². The number of anilines is 1. The summed E-state index contributed by atoms with van der Waals surface area (Å²) in [6.45, 7) is 1.09. The van der Waals surface area contributed by atoms with Crippen molar-refractivity contribution in [1.29, 1.82) is 0 Å². The molecule has 0 saturated heterocycles. The van der Waals surface area contributed by atoms with Crippen LogP contribution in [0.1, 0.15) is 12.0 Å². The number of aryl methyl sites for hydroxylation is 1. The molecular weight excluding hydrogens is 358 g/mol. The van der Waals surface area contributed by atoms with Crippen molar-refractivity contribution in [3.63, 3.8) is 0 Å². The second-order valence-corrected chi connectivity index (χ2v) is 6.12. The molecule has 0 aromatic heterocycles. The molecule has 2 aromatic carbocycles. The number of amides is 1. The fraction of sp³-hybridized carbons (Fsp3) is 0.316. The molecule has 0 atom stereocenters. The summed E-state index contributed by atoms with van der Waals surface area (Å²) in [5.74, 6) is 2.27. The van der Waals surface area contributed by atoms with Crippen LogP contribution in [0.5, 0.6) is 23.0 Å². The zero-order chi connectivity index (χ0) is 18.5. The second-order valence-electron chi connectivity index (χ2n) is 5.71. The number of carbonyl (C=O) groups is 1. The van der Waals surface area contributed by atoms with Crippen molar-refractivity contribution in [2.24, 2.45) is 0 Å². The average molecular weight is 378 g/mol. The first kappa shape index (κ1) is 18.2. The number of ether oxygens (including phenoxy) is 4. The molecule has 26 heavy (non-hydrogen) atoms. The molecule has 0 bridgehead atoms. The van der Waals surface area contributed by atoms with Gasteiger partial charge in [-0.3, -0.25) is 4.79 Å². The van der Waals surface area contributed by atoms with Crippen molar-refractivity contribution in [3.8, 4) is 23.0 Å². The van der Waals surface area contributed by atoms with Crippen LogP contribution in [0.3, 0.4) is 0 Å². The van der Waals surface area contributed by atoms with E-state index < -0.39 is 0 Å². The fourth-order valence-corrected chi connectivity index (χ4v) is 2.90. The maximum absolute atomic E-state index is 12.3. The highest BCUT2D eigenvalue weighted by Gasteiger charge is 2.14. The van der Waals surface area contributed by atoms with Gasteiger partial charge in [-0.25, -0.2) is 0 Å². The number of methoxy groups -OCH3 is 2. The van der Waals surface area contributed by atoms with Crippen LogP contribution in [0.25, 0.3) is 0 Å². The van der Waals surface area contributed by atoms with Gasteiger partial charge in [0.15, 0.2) is 11.5 Å². The predicted molar refractivity (Wildman–Crippen MR) is 98.9 cm³/mol. The third-order valence-corrected chi connectivity index (χ3v) is 4.29. The summed E-state index contributed by atoms with van der Waals surface area (Å²) in [5.41, 5.74) is 1.52. The van der Waals surface area contributed by atoms with Gasteiger partial charge in [0, 0.05) is 18.6 Å². The molecule has 6 nitrogen and oxygen atoms in total. The number of halogens is 1. The van der Waals surface area contributed by atoms with Crippen LogP contribution in [0.2, 0.25) is 5.02 Å². The number of hydrogen-bond acceptors (Lipinski definition) is 5. The van der Waals surface area contributed by atoms with Gasteiger partial charge < -0.3 is 24.3 Å². The normalized spacial score (nSPS) is 12.4. The minimum atomic E-state index is -0.137. The summed E-state index contributed by atoms with van der Waals surface area (Å²) in [6.07, 6.45) is 0.892. The summed E-state index contributed by atoms with van der Waals surface area (Å²) in [5, 5.41) is 3.25. The molecule has 1 amide bonds. The van der Waals surface area contributed by atoms with Crippen molar-refractivity contribution in [2.75, 3.05) is 32.8 Å². The van der Waals surface area contributed by atoms with Gasteiger partial charge in [-0.2, -0.15) is 0 Å². The maximum atomic E-state index is 12.3. The zero-order valence-electron chi connectivity index (χ0n) is 14.6. The van der Waals surface area contributed by atoms with E-state index in [0.29, 0.717) is 48.3 Å². The fourth-order valence-electron chi connectivity index (χ4n) is 2.67. The lowest BCUT2D eigenvalue weighted by Crippen LogP contribution is -2.16. The van der Waals surface area contributed by atoms with Crippen molar-refractivity contribution in [2.45, 2.75) is 12.8 Å². The number of nitrogens with one attached hydrogen (secondary N) is 1. The highest BCUT2D eigenvalue weighted by Crippen LogP contribution is 2.36. The zero-order valence-corrected chi connectivity index (χ0v) is 15.4. The Kier molecular flexibility index (Phi) is 5.73. The van der Waals surface area contributed by atoms with Gasteiger partial charge in [0.2, 0.25) is 5.91 Å². The molecule has 0 fully saturated rings. The summed E-state index contributed by atoms with van der Waals surface area (Å²) >= 11 is 6.08. The van der Waals surface area contributed by atoms with Gasteiger partial charge in [0.25, 0.3) is 0 Å². The topological polar surface area (TPSA) is 66.0 Å². The SMILES string of the molecule is COc1cc(NC(=O)CCc2ccc3c(c2)OCCO3)c(OC)cc1Cl. The van der Waals surface area contributed by atoms with E-state index in [-0.39, 0.29) is 5.91 Å². The summed E-state index contributed by atoms with van der Waals surface area (Å²) in [4.78, 5) is 12.3. The van der Waals surface area contributed by atoms with E-state index in [1.54, 1.807) is 12.1 Å². The Hall–Kier alpha value is -2.60. The number of fused-ring (bicyclic) bond motifs is 1. The van der Waals surface area contributed by atoms with Gasteiger partial charge in [-0.15, -0.1) is 0 Å². The molecule has 0 aliphatic carbocycles. The lowest BCUT2D eigenvalue weighted by atomic mass is 10.1. The Morgan fingerprint density at radius 2 is 1.81 bits per heavy atom. The first-order valence-electron chi connectivity index (χ1n) is 8.20. The molecule has 2 aromatic rings. The highest BCUT2D eigenvalue weighted by molar-refractivity contribution is 6.32. The third-order valence-electron chi connectivity index (χ3n) is 4.00. The van der Waals surface area contributed by atoms with Gasteiger partial charge in [0.05, 0.1) is 24.9 Å². The van der Waals surface area contributed by atoms with Crippen LogP contribution in [0.15, 0.2) is 30.3 Å². The van der Waals surface area contributed by atoms with E-state index in [1.165, 1.54) is 14.2 Å². The van der Waals surface area contributed by atoms with Gasteiger partial charge in [-0.05, 0) is 24.1 Å². The Morgan fingerprint density at radius 3 is 2.54 bits per heavy atom. The van der Waals surface area contributed by atoms with E-state index in [0.717, 1.165) is 17.1 Å². The molecule has 3 rings (SSSR count). The van der Waals surface area contributed by atoms with Crippen LogP contribution >= 0.6 is 11.6 Å². The van der Waals surface area contributed by atoms with Crippen molar-refractivity contribution in [3.05, 3.63) is 40.9 Å². The molecular formula is C19H20ClNO5. The molecule has 0 saturated carbocycles. The van der Waals surface area contributed by atoms with E-state index >= 15 is 0 Å². The Morgan fingerprint density at radius 1 is 1.08 bits per heavy atom. The molecule has 0 unspecified atom stereocenters. The first-order chi connectivity index (χ1) is 12.6. The van der Waals surface area contributed by atoms with E-state index in [2.05, 4.69) is 5.32 Å². The Bertz CT molecular complexity index is 809. The minimum Gasteiger partial charge on any atom is -0.495 e. The average Bonchev–Trinajstić information content (AvgIpc) is 2.67. The monoisotopic (exact) mass is 377 g/mol. The van der Waals surface area contributed by atoms with E-state index in [4.69, 9.17) is 30.5 Å².